The van der Waals surface area contributed by atoms with Gasteiger partial charge in [0.25, 0.3) is 0 Å². The minimum Gasteiger partial charge on any atom is -0.298 e. The number of benzene rings is 2. The van der Waals surface area contributed by atoms with E-state index in [0.717, 1.165) is 155 Å². The van der Waals surface area contributed by atoms with Crippen LogP contribution in [0.1, 0.15) is 313 Å². The van der Waals surface area contributed by atoms with Crippen molar-refractivity contribution in [1.82, 2.24) is 20.3 Å². The van der Waals surface area contributed by atoms with Gasteiger partial charge in [-0.3, -0.25) is 19.4 Å². The van der Waals surface area contributed by atoms with Crippen LogP contribution in [0.5, 0.6) is 0 Å². The van der Waals surface area contributed by atoms with Gasteiger partial charge in [0, 0.05) is 44.3 Å². The molecule has 0 radical (unpaired) electrons. The second-order valence-electron chi connectivity index (χ2n) is 29.5. The van der Waals surface area contributed by atoms with E-state index >= 15 is 0 Å². The maximum Gasteiger partial charge on any atom is 0.0685 e. The van der Waals surface area contributed by atoms with E-state index in [1.165, 1.54) is 21.9 Å². The largest absolute Gasteiger partial charge is 0.298 e. The van der Waals surface area contributed by atoms with Crippen molar-refractivity contribution in [2.45, 2.75) is 335 Å². The molecular weight excluding hydrogens is 913 g/mol. The molecule has 4 atom stereocenters. The predicted molar refractivity (Wildman–Crippen MR) is 314 cm³/mol. The zero-order valence-corrected chi connectivity index (χ0v) is 52.0. The second-order valence-corrected chi connectivity index (χ2v) is 29.5. The molecule has 424 valence electrons. The van der Waals surface area contributed by atoms with Gasteiger partial charge in [-0.2, -0.15) is 20.3 Å². The number of nitrogens with zero attached hydrogens (tertiary/aromatic N) is 4. The first-order chi connectivity index (χ1) is 34.5. The Labute approximate surface area is 456 Å². The standard InChI is InChI=1S/C66H116N4O4/c1-21-25-37-71-67-59(5,6)33-29-49(45-63(67,13)14)53-41-55(51-31-35-61(9,10)69(65(17,18)47-51)73-39-27-23-3)58-44-54(50-30-34-60(7,8)68(64(15,16)46-50)72-38-26-22-2)42-56(57(58)43-53)52-32-36-62(11,12)70(66(19,20)48-52)74-40-28-24-4/h41-44,49-52H,21-40,45-48H2,1-20H3. The maximum atomic E-state index is 6.89. The molecule has 0 saturated carbocycles. The van der Waals surface area contributed by atoms with Crippen LogP contribution in [0.4, 0.5) is 0 Å². The van der Waals surface area contributed by atoms with Crippen molar-refractivity contribution in [2.24, 2.45) is 0 Å². The SMILES string of the molecule is CCCCON1C(C)(C)CCC(c2cc(C3CCC(C)(C)N(OCCCC)C(C)(C)C3)c3cc(C4CCC(C)(C)N(OCCCC)C(C)(C)C4)cc(C4CCC(C)(C)N(OCCCC)C(C)(C)C4)c3c2)CC1(C)C. The Kier molecular flexibility index (Phi) is 20.3. The van der Waals surface area contributed by atoms with E-state index in [9.17, 15) is 0 Å². The maximum absolute atomic E-state index is 6.89. The summed E-state index contributed by atoms with van der Waals surface area (Å²) < 4.78 is 0. The van der Waals surface area contributed by atoms with Gasteiger partial charge in [-0.1, -0.05) is 77.6 Å². The fourth-order valence-corrected chi connectivity index (χ4v) is 15.4. The summed E-state index contributed by atoms with van der Waals surface area (Å²) in [6, 6.07) is 11.0. The van der Waals surface area contributed by atoms with Gasteiger partial charge in [-0.05, 0) is 270 Å². The van der Waals surface area contributed by atoms with Gasteiger partial charge in [-0.15, -0.1) is 0 Å². The molecule has 0 spiro atoms. The van der Waals surface area contributed by atoms with Gasteiger partial charge >= 0.3 is 0 Å². The number of fused-ring (bicyclic) bond motifs is 1. The van der Waals surface area contributed by atoms with E-state index in [4.69, 9.17) is 19.4 Å². The summed E-state index contributed by atoms with van der Waals surface area (Å²) in [5, 5.41) is 12.7. The lowest BCUT2D eigenvalue weighted by atomic mass is 9.74. The second kappa shape index (κ2) is 24.4. The molecule has 6 rings (SSSR count). The highest BCUT2D eigenvalue weighted by Gasteiger charge is 2.49. The van der Waals surface area contributed by atoms with Crippen molar-refractivity contribution in [3.63, 3.8) is 0 Å². The number of rotatable bonds is 20. The summed E-state index contributed by atoms with van der Waals surface area (Å²) >= 11 is 0. The molecule has 4 aliphatic heterocycles. The summed E-state index contributed by atoms with van der Waals surface area (Å²) in [6.07, 6.45) is 22.0. The lowest BCUT2D eigenvalue weighted by Gasteiger charge is -2.46. The van der Waals surface area contributed by atoms with Crippen molar-refractivity contribution in [2.75, 3.05) is 26.4 Å². The molecule has 74 heavy (non-hydrogen) atoms. The first kappa shape index (κ1) is 61.6. The smallest absolute Gasteiger partial charge is 0.0685 e. The Morgan fingerprint density at radius 2 is 0.568 bits per heavy atom. The molecule has 0 N–H and O–H groups in total. The Hall–Kier alpha value is -1.62. The number of hydrogen-bond acceptors (Lipinski definition) is 8. The number of unbranched alkanes of at least 4 members (excludes halogenated alkanes) is 4. The zero-order chi connectivity index (χ0) is 54.7. The normalized spacial score (nSPS) is 28.3. The third-order valence-corrected chi connectivity index (χ3v) is 18.7. The molecule has 0 aromatic heterocycles. The fourth-order valence-electron chi connectivity index (χ4n) is 15.4. The van der Waals surface area contributed by atoms with Crippen LogP contribution in [0.15, 0.2) is 24.3 Å². The monoisotopic (exact) mass is 1030 g/mol. The predicted octanol–water partition coefficient (Wildman–Crippen LogP) is 18.3. The topological polar surface area (TPSA) is 49.9 Å². The molecule has 8 heteroatoms. The molecule has 2 aromatic rings. The molecule has 4 saturated heterocycles. The average molecular weight is 1030 g/mol. The highest BCUT2D eigenvalue weighted by Crippen LogP contribution is 2.53. The minimum absolute atomic E-state index is 0.0780. The summed E-state index contributed by atoms with van der Waals surface area (Å²) in [4.78, 5) is 27.4. The molecule has 4 unspecified atom stereocenters. The molecule has 4 aliphatic rings. The van der Waals surface area contributed by atoms with E-state index < -0.39 is 0 Å². The van der Waals surface area contributed by atoms with Crippen LogP contribution in [0.25, 0.3) is 10.8 Å². The van der Waals surface area contributed by atoms with Crippen LogP contribution in [-0.2, 0) is 19.4 Å². The Balaban J connectivity index is 1.62. The van der Waals surface area contributed by atoms with Gasteiger partial charge in [0.1, 0.15) is 0 Å². The van der Waals surface area contributed by atoms with E-state index in [1.807, 2.05) is 0 Å². The third-order valence-electron chi connectivity index (χ3n) is 18.7. The molecule has 0 aliphatic carbocycles. The van der Waals surface area contributed by atoms with Crippen LogP contribution in [-0.4, -0.2) is 91.0 Å². The van der Waals surface area contributed by atoms with E-state index in [0.29, 0.717) is 23.7 Å². The molecule has 2 aromatic carbocycles. The van der Waals surface area contributed by atoms with Crippen LogP contribution < -0.4 is 0 Å². The molecule has 0 amide bonds. The van der Waals surface area contributed by atoms with Crippen molar-refractivity contribution < 1.29 is 19.4 Å². The molecule has 0 bridgehead atoms. The van der Waals surface area contributed by atoms with Crippen LogP contribution in [0, 0.1) is 0 Å². The lowest BCUT2D eigenvalue weighted by molar-refractivity contribution is -0.264. The molecule has 4 fully saturated rings. The third kappa shape index (κ3) is 14.2. The highest BCUT2D eigenvalue weighted by molar-refractivity contribution is 5.91. The highest BCUT2D eigenvalue weighted by atomic mass is 16.7. The van der Waals surface area contributed by atoms with Gasteiger partial charge in [0.2, 0.25) is 0 Å². The first-order valence-corrected chi connectivity index (χ1v) is 30.8. The first-order valence-electron chi connectivity index (χ1n) is 30.8. The summed E-state index contributed by atoms with van der Waals surface area (Å²) in [7, 11) is 0. The van der Waals surface area contributed by atoms with Crippen LogP contribution >= 0.6 is 0 Å². The summed E-state index contributed by atoms with van der Waals surface area (Å²) in [5.74, 6) is 1.55. The number of hydrogen-bond donors (Lipinski definition) is 0. The zero-order valence-electron chi connectivity index (χ0n) is 52.0. The van der Waals surface area contributed by atoms with Gasteiger partial charge in [0.05, 0.1) is 26.4 Å². The Morgan fingerprint density at radius 3 is 0.811 bits per heavy atom. The van der Waals surface area contributed by atoms with Gasteiger partial charge in [0.15, 0.2) is 0 Å². The molecule has 8 nitrogen and oxygen atoms in total. The molecular formula is C66H116N4O4. The minimum atomic E-state index is -0.165. The van der Waals surface area contributed by atoms with E-state index in [2.05, 4.69) is 183 Å². The summed E-state index contributed by atoms with van der Waals surface area (Å²) in [6.45, 7) is 51.3. The van der Waals surface area contributed by atoms with E-state index in [-0.39, 0.29) is 44.3 Å². The van der Waals surface area contributed by atoms with Crippen molar-refractivity contribution in [3.8, 4) is 0 Å². The van der Waals surface area contributed by atoms with Crippen LogP contribution in [0.3, 0.4) is 0 Å². The number of hydroxylamine groups is 8. The molecule has 4 heterocycles. The van der Waals surface area contributed by atoms with E-state index in [1.54, 1.807) is 11.1 Å². The average Bonchev–Trinajstić information content (AvgIpc) is 3.56. The summed E-state index contributed by atoms with van der Waals surface area (Å²) in [5.41, 5.74) is 5.26. The lowest BCUT2D eigenvalue weighted by Crippen LogP contribution is -2.54. The Morgan fingerprint density at radius 1 is 0.338 bits per heavy atom. The quantitative estimate of drug-likeness (QED) is 0.122. The van der Waals surface area contributed by atoms with Gasteiger partial charge in [-0.25, -0.2) is 0 Å². The Bertz CT molecular complexity index is 1950. The van der Waals surface area contributed by atoms with Crippen molar-refractivity contribution in [3.05, 3.63) is 46.5 Å². The van der Waals surface area contributed by atoms with Gasteiger partial charge < -0.3 is 0 Å². The fraction of sp³-hybridized carbons (Fsp3) is 0.848. The van der Waals surface area contributed by atoms with Crippen LogP contribution in [0.2, 0.25) is 0 Å². The van der Waals surface area contributed by atoms with Crippen molar-refractivity contribution in [1.29, 1.82) is 0 Å². The van der Waals surface area contributed by atoms with Crippen molar-refractivity contribution >= 4 is 10.8 Å².